The molecule has 5 heteroatoms. The number of carbonyl (C=O) groups excluding carboxylic acids is 3. The van der Waals surface area contributed by atoms with Gasteiger partial charge in [-0.15, -0.1) is 0 Å². The molecule has 0 atom stereocenters. The molecule has 0 radical (unpaired) electrons. The van der Waals surface area contributed by atoms with E-state index in [9.17, 15) is 14.4 Å². The van der Waals surface area contributed by atoms with Crippen molar-refractivity contribution < 1.29 is 14.4 Å². The number of benzene rings is 3. The Morgan fingerprint density at radius 1 is 0.767 bits per heavy atom. The molecule has 30 heavy (non-hydrogen) atoms. The summed E-state index contributed by atoms with van der Waals surface area (Å²) in [7, 11) is 0. The van der Waals surface area contributed by atoms with E-state index in [1.165, 1.54) is 17.5 Å². The first-order valence-corrected chi connectivity index (χ1v) is 10.1. The number of hydrogen-bond donors (Lipinski definition) is 1. The summed E-state index contributed by atoms with van der Waals surface area (Å²) in [6.45, 7) is 0. The van der Waals surface area contributed by atoms with Gasteiger partial charge in [0.05, 0.1) is 16.8 Å². The molecule has 1 aliphatic carbocycles. The fourth-order valence-corrected chi connectivity index (χ4v) is 4.22. The van der Waals surface area contributed by atoms with Gasteiger partial charge in [0.2, 0.25) is 0 Å². The lowest BCUT2D eigenvalue weighted by Crippen LogP contribution is -2.29. The molecule has 0 spiro atoms. The summed E-state index contributed by atoms with van der Waals surface area (Å²) in [6.07, 6.45) is 4.43. The molecule has 148 valence electrons. The van der Waals surface area contributed by atoms with Crippen LogP contribution in [0.3, 0.4) is 0 Å². The van der Waals surface area contributed by atoms with Crippen LogP contribution in [0.2, 0.25) is 0 Å². The zero-order valence-electron chi connectivity index (χ0n) is 16.4. The van der Waals surface area contributed by atoms with Gasteiger partial charge in [-0.25, -0.2) is 4.90 Å². The van der Waals surface area contributed by atoms with Crippen LogP contribution >= 0.6 is 0 Å². The van der Waals surface area contributed by atoms with Crippen LogP contribution < -0.4 is 10.2 Å². The summed E-state index contributed by atoms with van der Waals surface area (Å²) in [5.41, 5.74) is 4.94. The molecule has 2 aliphatic rings. The number of nitrogens with one attached hydrogen (secondary N) is 1. The smallest absolute Gasteiger partial charge is 0.266 e. The van der Waals surface area contributed by atoms with E-state index in [1.54, 1.807) is 48.5 Å². The standard InChI is InChI=1S/C25H20N2O3/c28-23(18-13-12-16-6-1-2-7-17(16)14-18)26-19-8-5-9-20(15-19)27-24(29)21-10-3-4-11-22(21)25(27)30/h3-5,8-15H,1-2,6-7H2,(H,26,28). The van der Waals surface area contributed by atoms with Crippen molar-refractivity contribution in [2.24, 2.45) is 0 Å². The van der Waals surface area contributed by atoms with Crippen molar-refractivity contribution in [2.75, 3.05) is 10.2 Å². The predicted molar refractivity (Wildman–Crippen MR) is 115 cm³/mol. The van der Waals surface area contributed by atoms with E-state index in [0.717, 1.165) is 24.2 Å². The molecule has 0 unspecified atom stereocenters. The summed E-state index contributed by atoms with van der Waals surface area (Å²) < 4.78 is 0. The Hall–Kier alpha value is -3.73. The second-order valence-electron chi connectivity index (χ2n) is 7.69. The lowest BCUT2D eigenvalue weighted by molar-refractivity contribution is 0.0925. The van der Waals surface area contributed by atoms with Gasteiger partial charge in [-0.3, -0.25) is 14.4 Å². The average molecular weight is 396 g/mol. The quantitative estimate of drug-likeness (QED) is 0.657. The first kappa shape index (κ1) is 18.3. The van der Waals surface area contributed by atoms with Crippen molar-refractivity contribution in [1.29, 1.82) is 0 Å². The molecule has 3 aromatic carbocycles. The molecule has 0 aromatic heterocycles. The number of imide groups is 1. The van der Waals surface area contributed by atoms with Gasteiger partial charge >= 0.3 is 0 Å². The molecular weight excluding hydrogens is 376 g/mol. The van der Waals surface area contributed by atoms with Crippen LogP contribution in [-0.4, -0.2) is 17.7 Å². The van der Waals surface area contributed by atoms with Crippen molar-refractivity contribution in [2.45, 2.75) is 25.7 Å². The van der Waals surface area contributed by atoms with E-state index >= 15 is 0 Å². The topological polar surface area (TPSA) is 66.5 Å². The summed E-state index contributed by atoms with van der Waals surface area (Å²) in [4.78, 5) is 39.4. The highest BCUT2D eigenvalue weighted by atomic mass is 16.2. The number of rotatable bonds is 3. The van der Waals surface area contributed by atoms with Crippen LogP contribution in [0.5, 0.6) is 0 Å². The SMILES string of the molecule is O=C(Nc1cccc(N2C(=O)c3ccccc3C2=O)c1)c1ccc2c(c1)CCCC2. The van der Waals surface area contributed by atoms with Gasteiger partial charge < -0.3 is 5.32 Å². The van der Waals surface area contributed by atoms with Gasteiger partial charge in [0.15, 0.2) is 0 Å². The fraction of sp³-hybridized carbons (Fsp3) is 0.160. The molecule has 1 heterocycles. The highest BCUT2D eigenvalue weighted by Crippen LogP contribution is 2.30. The first-order valence-electron chi connectivity index (χ1n) is 10.1. The molecule has 3 aromatic rings. The normalized spacial score (nSPS) is 15.0. The minimum Gasteiger partial charge on any atom is -0.322 e. The highest BCUT2D eigenvalue weighted by Gasteiger charge is 2.36. The van der Waals surface area contributed by atoms with Crippen LogP contribution in [0.15, 0.2) is 66.7 Å². The monoisotopic (exact) mass is 396 g/mol. The molecule has 0 saturated heterocycles. The van der Waals surface area contributed by atoms with Gasteiger partial charge in [-0.1, -0.05) is 24.3 Å². The molecule has 5 nitrogen and oxygen atoms in total. The Kier molecular flexibility index (Phi) is 4.43. The number of amides is 3. The summed E-state index contributed by atoms with van der Waals surface area (Å²) in [5.74, 6) is -0.912. The van der Waals surface area contributed by atoms with Gasteiger partial charge in [0, 0.05) is 11.3 Å². The van der Waals surface area contributed by atoms with Gasteiger partial charge in [0.25, 0.3) is 17.7 Å². The number of carbonyl (C=O) groups is 3. The second kappa shape index (κ2) is 7.26. The van der Waals surface area contributed by atoms with Crippen molar-refractivity contribution in [3.8, 4) is 0 Å². The molecular formula is C25H20N2O3. The van der Waals surface area contributed by atoms with Crippen LogP contribution in [0, 0.1) is 0 Å². The maximum atomic E-state index is 12.8. The van der Waals surface area contributed by atoms with Crippen molar-refractivity contribution >= 4 is 29.1 Å². The maximum absolute atomic E-state index is 12.8. The van der Waals surface area contributed by atoms with E-state index in [-0.39, 0.29) is 17.7 Å². The van der Waals surface area contributed by atoms with Crippen molar-refractivity contribution in [3.63, 3.8) is 0 Å². The molecule has 3 amide bonds. The maximum Gasteiger partial charge on any atom is 0.266 e. The highest BCUT2D eigenvalue weighted by molar-refractivity contribution is 6.34. The third-order valence-corrected chi connectivity index (χ3v) is 5.77. The molecule has 0 fully saturated rings. The number of anilines is 2. The third kappa shape index (κ3) is 3.08. The summed E-state index contributed by atoms with van der Waals surface area (Å²) >= 11 is 0. The minimum atomic E-state index is -0.353. The minimum absolute atomic E-state index is 0.206. The largest absolute Gasteiger partial charge is 0.322 e. The van der Waals surface area contributed by atoms with Gasteiger partial charge in [0.1, 0.15) is 0 Å². The van der Waals surface area contributed by atoms with Crippen molar-refractivity contribution in [3.05, 3.63) is 94.5 Å². The van der Waals surface area contributed by atoms with Gasteiger partial charge in [-0.2, -0.15) is 0 Å². The van der Waals surface area contributed by atoms with E-state index in [0.29, 0.717) is 28.1 Å². The van der Waals surface area contributed by atoms with Gasteiger partial charge in [-0.05, 0) is 79.3 Å². The molecule has 0 bridgehead atoms. The molecule has 0 saturated carbocycles. The molecule has 5 rings (SSSR count). The predicted octanol–water partition coefficient (Wildman–Crippen LogP) is 4.62. The van der Waals surface area contributed by atoms with Crippen molar-refractivity contribution in [1.82, 2.24) is 0 Å². The second-order valence-corrected chi connectivity index (χ2v) is 7.69. The van der Waals surface area contributed by atoms with E-state index in [4.69, 9.17) is 0 Å². The Morgan fingerprint density at radius 2 is 1.47 bits per heavy atom. The Morgan fingerprint density at radius 3 is 2.20 bits per heavy atom. The number of nitrogens with zero attached hydrogens (tertiary/aromatic N) is 1. The molecule has 1 aliphatic heterocycles. The lowest BCUT2D eigenvalue weighted by Gasteiger charge is -2.17. The van der Waals surface area contributed by atoms with E-state index in [1.807, 2.05) is 18.2 Å². The van der Waals surface area contributed by atoms with E-state index < -0.39 is 0 Å². The number of hydrogen-bond acceptors (Lipinski definition) is 3. The third-order valence-electron chi connectivity index (χ3n) is 5.77. The average Bonchev–Trinajstić information content (AvgIpc) is 3.04. The first-order chi connectivity index (χ1) is 14.6. The zero-order valence-corrected chi connectivity index (χ0v) is 16.4. The summed E-state index contributed by atoms with van der Waals surface area (Å²) in [6, 6.07) is 19.5. The van der Waals surface area contributed by atoms with Crippen LogP contribution in [0.1, 0.15) is 55.0 Å². The fourth-order valence-electron chi connectivity index (χ4n) is 4.22. The molecule has 1 N–H and O–H groups in total. The Bertz CT molecular complexity index is 1160. The number of aryl methyl sites for hydroxylation is 2. The lowest BCUT2D eigenvalue weighted by atomic mass is 9.90. The Labute approximate surface area is 174 Å². The summed E-state index contributed by atoms with van der Waals surface area (Å²) in [5, 5.41) is 2.89. The Balaban J connectivity index is 1.39. The van der Waals surface area contributed by atoms with Crippen LogP contribution in [-0.2, 0) is 12.8 Å². The van der Waals surface area contributed by atoms with Crippen LogP contribution in [0.25, 0.3) is 0 Å². The van der Waals surface area contributed by atoms with Crippen LogP contribution in [0.4, 0.5) is 11.4 Å². The number of fused-ring (bicyclic) bond motifs is 2. The zero-order chi connectivity index (χ0) is 20.7. The van der Waals surface area contributed by atoms with E-state index in [2.05, 4.69) is 5.32 Å².